The summed E-state index contributed by atoms with van der Waals surface area (Å²) in [7, 11) is -3.88. The van der Waals surface area contributed by atoms with E-state index in [2.05, 4.69) is 22.2 Å². The van der Waals surface area contributed by atoms with Gasteiger partial charge in [0.05, 0.1) is 5.92 Å². The number of aryl methyl sites for hydroxylation is 2. The van der Waals surface area contributed by atoms with Crippen molar-refractivity contribution in [2.75, 3.05) is 39.3 Å². The van der Waals surface area contributed by atoms with Crippen LogP contribution in [0.2, 0.25) is 0 Å². The smallest absolute Gasteiger partial charge is 0.248 e. The van der Waals surface area contributed by atoms with Crippen molar-refractivity contribution >= 4 is 28.1 Å². The minimum atomic E-state index is -3.88. The maximum atomic E-state index is 13.8. The van der Waals surface area contributed by atoms with E-state index in [4.69, 9.17) is 4.52 Å². The first-order valence-electron chi connectivity index (χ1n) is 13.6. The van der Waals surface area contributed by atoms with Gasteiger partial charge in [0, 0.05) is 45.8 Å². The van der Waals surface area contributed by atoms with Gasteiger partial charge in [0.25, 0.3) is 0 Å². The van der Waals surface area contributed by atoms with Gasteiger partial charge in [-0.05, 0) is 43.9 Å². The highest BCUT2D eigenvalue weighted by Crippen LogP contribution is 2.30. The van der Waals surface area contributed by atoms with E-state index in [-0.39, 0.29) is 29.0 Å². The second-order valence-electron chi connectivity index (χ2n) is 10.5. The molecule has 0 aliphatic carbocycles. The summed E-state index contributed by atoms with van der Waals surface area (Å²) < 4.78 is 34.4. The van der Waals surface area contributed by atoms with Crippen molar-refractivity contribution in [1.29, 1.82) is 0 Å². The van der Waals surface area contributed by atoms with Gasteiger partial charge in [-0.1, -0.05) is 71.4 Å². The number of rotatable bonds is 7. The summed E-state index contributed by atoms with van der Waals surface area (Å²) in [4.78, 5) is 17.8. The van der Waals surface area contributed by atoms with Gasteiger partial charge in [-0.3, -0.25) is 9.69 Å². The first kappa shape index (κ1) is 27.3. The zero-order chi connectivity index (χ0) is 27.4. The fraction of sp³-hybridized carbons (Fsp3) is 0.400. The van der Waals surface area contributed by atoms with Crippen LogP contribution in [0.25, 0.3) is 12.2 Å². The second kappa shape index (κ2) is 11.9. The molecule has 1 aromatic heterocycles. The topological polar surface area (TPSA) is 87.0 Å². The van der Waals surface area contributed by atoms with Gasteiger partial charge in [0.15, 0.2) is 10.7 Å². The minimum Gasteiger partial charge on any atom is -0.355 e. The molecular formula is C30H36N4O4S. The van der Waals surface area contributed by atoms with Crippen LogP contribution in [0.1, 0.15) is 41.0 Å². The molecule has 1 amide bonds. The highest BCUT2D eigenvalue weighted by molar-refractivity contribution is 7.89. The first-order valence-corrected chi connectivity index (χ1v) is 15.0. The summed E-state index contributed by atoms with van der Waals surface area (Å²) in [6.07, 6.45) is 4.80. The molecule has 0 radical (unpaired) electrons. The lowest BCUT2D eigenvalue weighted by Crippen LogP contribution is -2.52. The fourth-order valence-electron chi connectivity index (χ4n) is 5.37. The normalized spacial score (nSPS) is 19.5. The molecule has 2 saturated heterocycles. The molecule has 8 nitrogen and oxygen atoms in total. The van der Waals surface area contributed by atoms with E-state index < -0.39 is 10.0 Å². The monoisotopic (exact) mass is 548 g/mol. The van der Waals surface area contributed by atoms with E-state index >= 15 is 0 Å². The maximum Gasteiger partial charge on any atom is 0.248 e. The Balaban J connectivity index is 1.24. The Labute approximate surface area is 230 Å². The van der Waals surface area contributed by atoms with Gasteiger partial charge < -0.3 is 9.42 Å². The Kier molecular flexibility index (Phi) is 8.30. The van der Waals surface area contributed by atoms with Gasteiger partial charge in [0.2, 0.25) is 15.9 Å². The molecule has 9 heteroatoms. The van der Waals surface area contributed by atoms with Gasteiger partial charge in [-0.15, -0.1) is 0 Å². The third-order valence-electron chi connectivity index (χ3n) is 7.60. The number of benzene rings is 2. The van der Waals surface area contributed by atoms with Crippen LogP contribution < -0.4 is 0 Å². The number of carbonyl (C=O) groups is 1. The summed E-state index contributed by atoms with van der Waals surface area (Å²) in [6.45, 7) is 8.03. The number of piperazine rings is 1. The van der Waals surface area contributed by atoms with Gasteiger partial charge in [-0.25, -0.2) is 8.42 Å². The van der Waals surface area contributed by atoms with E-state index in [1.165, 1.54) is 9.87 Å². The van der Waals surface area contributed by atoms with Gasteiger partial charge in [-0.2, -0.15) is 4.31 Å². The van der Waals surface area contributed by atoms with E-state index in [9.17, 15) is 13.2 Å². The van der Waals surface area contributed by atoms with Crippen molar-refractivity contribution in [3.8, 4) is 0 Å². The van der Waals surface area contributed by atoms with Crippen LogP contribution in [-0.2, 0) is 21.4 Å². The second-order valence-corrected chi connectivity index (χ2v) is 12.4. The largest absolute Gasteiger partial charge is 0.355 e. The van der Waals surface area contributed by atoms with E-state index in [1.54, 1.807) is 13.0 Å². The van der Waals surface area contributed by atoms with Crippen molar-refractivity contribution in [3.05, 3.63) is 82.7 Å². The van der Waals surface area contributed by atoms with Crippen molar-refractivity contribution in [1.82, 2.24) is 19.3 Å². The standard InChI is InChI=1S/C30H36N4O4S/c1-23-10-12-25(13-11-23)14-15-28-29(24(2)31-38-28)39(36,37)34-16-6-9-27(22-34)30(35)33-19-17-32(18-20-33)21-26-7-4-3-5-8-26/h3-5,7-8,10-15,27H,6,9,16-22H2,1-2H3/b15-14+. The Hall–Kier alpha value is -3.27. The number of aromatic nitrogens is 1. The number of nitrogens with zero attached hydrogens (tertiary/aromatic N) is 4. The Bertz CT molecular complexity index is 1410. The predicted molar refractivity (Wildman–Crippen MR) is 151 cm³/mol. The summed E-state index contributed by atoms with van der Waals surface area (Å²) in [5.74, 6) is -0.0900. The molecule has 0 N–H and O–H groups in total. The van der Waals surface area contributed by atoms with Crippen LogP contribution >= 0.6 is 0 Å². The third-order valence-corrected chi connectivity index (χ3v) is 9.63. The maximum absolute atomic E-state index is 13.8. The molecular weight excluding hydrogens is 512 g/mol. The van der Waals surface area contributed by atoms with E-state index in [1.807, 2.05) is 60.4 Å². The van der Waals surface area contributed by atoms with Crippen molar-refractivity contribution in [3.63, 3.8) is 0 Å². The molecule has 0 saturated carbocycles. The Morgan fingerprint density at radius 3 is 2.41 bits per heavy atom. The average Bonchev–Trinajstić information content (AvgIpc) is 3.34. The summed E-state index contributed by atoms with van der Waals surface area (Å²) in [5.41, 5.74) is 3.67. The number of hydrogen-bond acceptors (Lipinski definition) is 6. The molecule has 3 aromatic rings. The molecule has 0 bridgehead atoms. The number of sulfonamides is 1. The molecule has 2 aromatic carbocycles. The molecule has 1 unspecified atom stereocenters. The van der Waals surface area contributed by atoms with Crippen molar-refractivity contribution in [2.24, 2.45) is 5.92 Å². The summed E-state index contributed by atoms with van der Waals surface area (Å²) in [5, 5.41) is 3.96. The molecule has 0 spiro atoms. The molecule has 2 aliphatic rings. The SMILES string of the molecule is Cc1ccc(/C=C/c2onc(C)c2S(=O)(=O)N2CCCC(C(=O)N3CCN(Cc4ccccc4)CC3)C2)cc1. The lowest BCUT2D eigenvalue weighted by atomic mass is 9.97. The molecule has 5 rings (SSSR count). The highest BCUT2D eigenvalue weighted by atomic mass is 32.2. The third kappa shape index (κ3) is 6.32. The quantitative estimate of drug-likeness (QED) is 0.440. The van der Waals surface area contributed by atoms with Crippen LogP contribution in [0.5, 0.6) is 0 Å². The molecule has 3 heterocycles. The number of piperidine rings is 1. The van der Waals surface area contributed by atoms with Crippen LogP contribution in [0.4, 0.5) is 0 Å². The molecule has 2 fully saturated rings. The zero-order valence-corrected chi connectivity index (χ0v) is 23.4. The predicted octanol–water partition coefficient (Wildman–Crippen LogP) is 4.21. The summed E-state index contributed by atoms with van der Waals surface area (Å²) in [6, 6.07) is 18.3. The van der Waals surface area contributed by atoms with Crippen LogP contribution in [0.15, 0.2) is 64.0 Å². The Morgan fingerprint density at radius 1 is 0.974 bits per heavy atom. The number of hydrogen-bond donors (Lipinski definition) is 0. The van der Waals surface area contributed by atoms with Crippen molar-refractivity contribution < 1.29 is 17.7 Å². The zero-order valence-electron chi connectivity index (χ0n) is 22.6. The van der Waals surface area contributed by atoms with Gasteiger partial charge in [0.1, 0.15) is 5.69 Å². The first-order chi connectivity index (χ1) is 18.8. The Morgan fingerprint density at radius 2 is 1.69 bits per heavy atom. The highest BCUT2D eigenvalue weighted by Gasteiger charge is 2.38. The molecule has 2 aliphatic heterocycles. The summed E-state index contributed by atoms with van der Waals surface area (Å²) >= 11 is 0. The fourth-order valence-corrected chi connectivity index (χ4v) is 7.14. The molecule has 206 valence electrons. The minimum absolute atomic E-state index is 0.0517. The number of carbonyl (C=O) groups excluding carboxylic acids is 1. The average molecular weight is 549 g/mol. The lowest BCUT2D eigenvalue weighted by molar-refractivity contribution is -0.138. The van der Waals surface area contributed by atoms with E-state index in [0.717, 1.165) is 30.8 Å². The molecule has 1 atom stereocenters. The van der Waals surface area contributed by atoms with Crippen LogP contribution in [0.3, 0.4) is 0 Å². The lowest BCUT2D eigenvalue weighted by Gasteiger charge is -2.38. The van der Waals surface area contributed by atoms with Crippen LogP contribution in [-0.4, -0.2) is 72.9 Å². The molecule has 39 heavy (non-hydrogen) atoms. The van der Waals surface area contributed by atoms with Gasteiger partial charge >= 0.3 is 0 Å². The van der Waals surface area contributed by atoms with Crippen LogP contribution in [0, 0.1) is 19.8 Å². The number of amides is 1. The van der Waals surface area contributed by atoms with E-state index in [0.29, 0.717) is 38.2 Å². The van der Waals surface area contributed by atoms with Crippen molar-refractivity contribution in [2.45, 2.75) is 38.1 Å².